The van der Waals surface area contributed by atoms with Gasteiger partial charge in [0.2, 0.25) is 11.5 Å². The smallest absolute Gasteiger partial charge is 0.311 e. The fourth-order valence-electron chi connectivity index (χ4n) is 2.98. The predicted octanol–water partition coefficient (Wildman–Crippen LogP) is 6.09. The molecule has 30 heavy (non-hydrogen) atoms. The molecule has 2 rings (SSSR count). The quantitative estimate of drug-likeness (QED) is 0.241. The molecule has 0 bridgehead atoms. The summed E-state index contributed by atoms with van der Waals surface area (Å²) in [6.07, 6.45) is 3.18. The van der Waals surface area contributed by atoms with Crippen LogP contribution < -0.4 is 18.9 Å². The second-order valence-electron chi connectivity index (χ2n) is 6.63. The van der Waals surface area contributed by atoms with E-state index in [9.17, 15) is 9.59 Å². The molecule has 7 heteroatoms. The van der Waals surface area contributed by atoms with Gasteiger partial charge in [-0.1, -0.05) is 38.3 Å². The monoisotopic (exact) mass is 436 g/mol. The van der Waals surface area contributed by atoms with Crippen LogP contribution in [0.4, 0.5) is 0 Å². The van der Waals surface area contributed by atoms with Crippen molar-refractivity contribution >= 4 is 34.3 Å². The van der Waals surface area contributed by atoms with Gasteiger partial charge >= 0.3 is 11.9 Å². The first-order valence-corrected chi connectivity index (χ1v) is 10.8. The molecular formula is C23H29ClO6. The van der Waals surface area contributed by atoms with Crippen molar-refractivity contribution in [1.82, 2.24) is 0 Å². The van der Waals surface area contributed by atoms with Gasteiger partial charge in [-0.05, 0) is 38.5 Å². The Labute approximate surface area is 182 Å². The highest BCUT2D eigenvalue weighted by atomic mass is 35.5. The van der Waals surface area contributed by atoms with Crippen molar-refractivity contribution in [1.29, 1.82) is 0 Å². The highest BCUT2D eigenvalue weighted by Gasteiger charge is 2.27. The van der Waals surface area contributed by atoms with Crippen molar-refractivity contribution in [2.24, 2.45) is 0 Å². The van der Waals surface area contributed by atoms with Crippen LogP contribution in [0.15, 0.2) is 18.2 Å². The molecule has 0 heterocycles. The second kappa shape index (κ2) is 11.6. The lowest BCUT2D eigenvalue weighted by atomic mass is 10.1. The van der Waals surface area contributed by atoms with Crippen LogP contribution in [0, 0.1) is 0 Å². The lowest BCUT2D eigenvalue weighted by molar-refractivity contribution is -0.135. The second-order valence-corrected chi connectivity index (χ2v) is 7.07. The molecule has 2 aromatic rings. The number of fused-ring (bicyclic) bond motifs is 1. The van der Waals surface area contributed by atoms with Gasteiger partial charge in [0.1, 0.15) is 0 Å². The number of hydrogen-bond acceptors (Lipinski definition) is 6. The van der Waals surface area contributed by atoms with Crippen molar-refractivity contribution in [2.75, 3.05) is 13.2 Å². The molecule has 0 unspecified atom stereocenters. The third-order valence-electron chi connectivity index (χ3n) is 4.37. The molecule has 164 valence electrons. The minimum Gasteiger partial charge on any atom is -0.487 e. The largest absolute Gasteiger partial charge is 0.487 e. The molecule has 0 aliphatic rings. The number of carbonyl (C=O) groups is 2. The van der Waals surface area contributed by atoms with E-state index in [2.05, 4.69) is 6.92 Å². The minimum absolute atomic E-state index is 0.186. The molecule has 0 saturated heterocycles. The summed E-state index contributed by atoms with van der Waals surface area (Å²) in [5.74, 6) is 0.106. The molecule has 0 radical (unpaired) electrons. The van der Waals surface area contributed by atoms with Gasteiger partial charge in [0.25, 0.3) is 0 Å². The maximum atomic E-state index is 12.5. The number of ether oxygens (including phenoxy) is 4. The van der Waals surface area contributed by atoms with Gasteiger partial charge in [0.15, 0.2) is 11.5 Å². The fraction of sp³-hybridized carbons (Fsp3) is 0.478. The maximum Gasteiger partial charge on any atom is 0.311 e. The SMILES string of the molecule is CCCCCC(=O)Oc1c(OCC)c(OCC)c(OC(=O)CC)c2cc(Cl)ccc12. The topological polar surface area (TPSA) is 71.1 Å². The summed E-state index contributed by atoms with van der Waals surface area (Å²) < 4.78 is 23.0. The fourth-order valence-corrected chi connectivity index (χ4v) is 3.15. The molecule has 0 aliphatic heterocycles. The summed E-state index contributed by atoms with van der Waals surface area (Å²) in [5.41, 5.74) is 0. The van der Waals surface area contributed by atoms with E-state index >= 15 is 0 Å². The first-order chi connectivity index (χ1) is 14.5. The number of esters is 2. The number of hydrogen-bond donors (Lipinski definition) is 0. The molecule has 2 aromatic carbocycles. The van der Waals surface area contributed by atoms with Crippen LogP contribution in [0.3, 0.4) is 0 Å². The van der Waals surface area contributed by atoms with Crippen LogP contribution in [-0.2, 0) is 9.59 Å². The Morgan fingerprint density at radius 3 is 1.97 bits per heavy atom. The van der Waals surface area contributed by atoms with Gasteiger partial charge in [-0.3, -0.25) is 9.59 Å². The van der Waals surface area contributed by atoms with Crippen molar-refractivity contribution in [3.63, 3.8) is 0 Å². The van der Waals surface area contributed by atoms with Gasteiger partial charge in [-0.15, -0.1) is 0 Å². The number of carbonyl (C=O) groups excluding carboxylic acids is 2. The standard InChI is InChI=1S/C23H29ClO6/c1-5-9-10-11-19(26)30-20-16-13-12-15(24)14-17(16)21(29-18(25)6-2)23(28-8-4)22(20)27-7-3/h12-14H,5-11H2,1-4H3. The van der Waals surface area contributed by atoms with Crippen LogP contribution in [0.1, 0.15) is 59.8 Å². The van der Waals surface area contributed by atoms with E-state index in [1.165, 1.54) is 0 Å². The molecule has 0 amide bonds. The van der Waals surface area contributed by atoms with Crippen molar-refractivity contribution in [3.8, 4) is 23.0 Å². The number of rotatable bonds is 11. The predicted molar refractivity (Wildman–Crippen MR) is 117 cm³/mol. The summed E-state index contributed by atoms with van der Waals surface area (Å²) in [7, 11) is 0. The molecule has 0 saturated carbocycles. The van der Waals surface area contributed by atoms with E-state index in [-0.39, 0.29) is 35.4 Å². The van der Waals surface area contributed by atoms with Gasteiger partial charge in [0, 0.05) is 28.6 Å². The molecule has 0 atom stereocenters. The summed E-state index contributed by atoms with van der Waals surface area (Å²) in [5, 5.41) is 1.50. The Bertz CT molecular complexity index is 893. The lowest BCUT2D eigenvalue weighted by Gasteiger charge is -2.21. The first-order valence-electron chi connectivity index (χ1n) is 10.4. The Hall–Kier alpha value is -2.47. The maximum absolute atomic E-state index is 12.5. The van der Waals surface area contributed by atoms with Crippen molar-refractivity contribution in [3.05, 3.63) is 23.2 Å². The van der Waals surface area contributed by atoms with Crippen molar-refractivity contribution in [2.45, 2.75) is 59.8 Å². The number of unbranched alkanes of at least 4 members (excludes halogenated alkanes) is 2. The molecule has 0 aromatic heterocycles. The van der Waals surface area contributed by atoms with Gasteiger partial charge in [-0.2, -0.15) is 0 Å². The minimum atomic E-state index is -0.427. The molecular weight excluding hydrogens is 408 g/mol. The van der Waals surface area contributed by atoms with Crippen LogP contribution >= 0.6 is 11.6 Å². The molecule has 0 N–H and O–H groups in total. The zero-order valence-electron chi connectivity index (χ0n) is 18.0. The summed E-state index contributed by atoms with van der Waals surface area (Å²) in [6.45, 7) is 7.99. The van der Waals surface area contributed by atoms with E-state index < -0.39 is 5.97 Å². The Kier molecular flexibility index (Phi) is 9.24. The van der Waals surface area contributed by atoms with Gasteiger partial charge in [-0.25, -0.2) is 0 Å². The first kappa shape index (κ1) is 23.8. The highest BCUT2D eigenvalue weighted by molar-refractivity contribution is 6.31. The normalized spacial score (nSPS) is 10.7. The van der Waals surface area contributed by atoms with Gasteiger partial charge in [0.05, 0.1) is 13.2 Å². The average Bonchev–Trinajstić information content (AvgIpc) is 2.72. The number of benzene rings is 2. The third-order valence-corrected chi connectivity index (χ3v) is 4.61. The Morgan fingerprint density at radius 1 is 0.800 bits per heavy atom. The molecule has 0 fully saturated rings. The van der Waals surface area contributed by atoms with E-state index in [0.717, 1.165) is 19.3 Å². The highest BCUT2D eigenvalue weighted by Crippen LogP contribution is 2.52. The van der Waals surface area contributed by atoms with E-state index in [1.807, 2.05) is 6.92 Å². The summed E-state index contributed by atoms with van der Waals surface area (Å²) in [6, 6.07) is 5.05. The molecule has 0 aliphatic carbocycles. The third kappa shape index (κ3) is 5.79. The van der Waals surface area contributed by atoms with E-state index in [4.69, 9.17) is 30.5 Å². The zero-order chi connectivity index (χ0) is 22.1. The Morgan fingerprint density at radius 2 is 1.40 bits per heavy atom. The molecule has 0 spiro atoms. The van der Waals surface area contributed by atoms with E-state index in [0.29, 0.717) is 35.4 Å². The summed E-state index contributed by atoms with van der Waals surface area (Å²) >= 11 is 6.21. The molecule has 6 nitrogen and oxygen atoms in total. The van der Waals surface area contributed by atoms with Gasteiger partial charge < -0.3 is 18.9 Å². The zero-order valence-corrected chi connectivity index (χ0v) is 18.8. The lowest BCUT2D eigenvalue weighted by Crippen LogP contribution is -2.13. The van der Waals surface area contributed by atoms with Crippen LogP contribution in [0.2, 0.25) is 5.02 Å². The van der Waals surface area contributed by atoms with Crippen LogP contribution in [-0.4, -0.2) is 25.2 Å². The van der Waals surface area contributed by atoms with E-state index in [1.54, 1.807) is 32.0 Å². The Balaban J connectivity index is 2.71. The van der Waals surface area contributed by atoms with Crippen LogP contribution in [0.25, 0.3) is 10.8 Å². The van der Waals surface area contributed by atoms with Crippen LogP contribution in [0.5, 0.6) is 23.0 Å². The van der Waals surface area contributed by atoms with Crippen molar-refractivity contribution < 1.29 is 28.5 Å². The average molecular weight is 437 g/mol. The number of halogens is 1. The summed E-state index contributed by atoms with van der Waals surface area (Å²) in [4.78, 5) is 24.6.